The average Bonchev–Trinajstić information content (AvgIpc) is 3.28. The number of carboxylic acids is 1. The summed E-state index contributed by atoms with van der Waals surface area (Å²) in [4.78, 5) is 41.7. The van der Waals surface area contributed by atoms with Crippen LogP contribution in [0.2, 0.25) is 0 Å². The molecule has 8 nitrogen and oxygen atoms in total. The summed E-state index contributed by atoms with van der Waals surface area (Å²) in [5.41, 5.74) is -1.12. The molecule has 8 heteroatoms. The van der Waals surface area contributed by atoms with Crippen molar-refractivity contribution < 1.29 is 29.3 Å². The quantitative estimate of drug-likeness (QED) is 0.556. The third-order valence-corrected chi connectivity index (χ3v) is 6.51. The van der Waals surface area contributed by atoms with Crippen LogP contribution in [0.1, 0.15) is 39.5 Å². The first kappa shape index (κ1) is 20.8. The molecule has 3 fully saturated rings. The molecule has 6 atom stereocenters. The van der Waals surface area contributed by atoms with E-state index in [1.807, 2.05) is 13.8 Å². The van der Waals surface area contributed by atoms with E-state index in [1.54, 1.807) is 11.0 Å². The van der Waals surface area contributed by atoms with Crippen molar-refractivity contribution in [3.63, 3.8) is 0 Å². The lowest BCUT2D eigenvalue weighted by Gasteiger charge is -2.38. The molecule has 2 bridgehead atoms. The molecule has 0 aromatic rings. The summed E-state index contributed by atoms with van der Waals surface area (Å²) in [5, 5.41) is 19.2. The van der Waals surface area contributed by atoms with Gasteiger partial charge < -0.3 is 24.7 Å². The minimum atomic E-state index is -1.12. The number of fused-ring (bicyclic) bond motifs is 1. The Morgan fingerprint density at radius 3 is 2.79 bits per heavy atom. The molecule has 2 N–H and O–H groups in total. The van der Waals surface area contributed by atoms with Crippen molar-refractivity contribution in [1.82, 2.24) is 9.80 Å². The summed E-state index contributed by atoms with van der Waals surface area (Å²) >= 11 is 0. The summed E-state index contributed by atoms with van der Waals surface area (Å²) in [6, 6.07) is -0.961. The van der Waals surface area contributed by atoms with Crippen molar-refractivity contribution in [3.8, 4) is 0 Å². The van der Waals surface area contributed by atoms with E-state index >= 15 is 0 Å². The highest BCUT2D eigenvalue weighted by atomic mass is 16.5. The Labute approximate surface area is 165 Å². The Morgan fingerprint density at radius 2 is 2.21 bits per heavy atom. The SMILES string of the molecule is C=CCN(C(=O)[C@@H]1N(CCO)C(=O)[C@H]2[C@H](C(=O)O)[C@@H]3CC[C@]12O3)C(C)CCC. The van der Waals surface area contributed by atoms with E-state index in [-0.39, 0.29) is 25.1 Å². The van der Waals surface area contributed by atoms with Gasteiger partial charge in [0.05, 0.1) is 24.5 Å². The molecule has 156 valence electrons. The number of amides is 2. The zero-order valence-corrected chi connectivity index (χ0v) is 16.5. The second-order valence-corrected chi connectivity index (χ2v) is 8.07. The van der Waals surface area contributed by atoms with E-state index in [1.165, 1.54) is 4.90 Å². The number of aliphatic hydroxyl groups is 1. The third-order valence-electron chi connectivity index (χ3n) is 6.51. The van der Waals surface area contributed by atoms with Gasteiger partial charge >= 0.3 is 5.97 Å². The van der Waals surface area contributed by atoms with Gasteiger partial charge in [-0.3, -0.25) is 14.4 Å². The van der Waals surface area contributed by atoms with Gasteiger partial charge in [-0.15, -0.1) is 6.58 Å². The van der Waals surface area contributed by atoms with Crippen LogP contribution in [0.5, 0.6) is 0 Å². The summed E-state index contributed by atoms with van der Waals surface area (Å²) in [6.07, 6.45) is 3.81. The Morgan fingerprint density at radius 1 is 1.50 bits per heavy atom. The summed E-state index contributed by atoms with van der Waals surface area (Å²) < 4.78 is 6.11. The largest absolute Gasteiger partial charge is 0.481 e. The van der Waals surface area contributed by atoms with Crippen LogP contribution in [-0.4, -0.2) is 81.3 Å². The zero-order chi connectivity index (χ0) is 20.6. The number of aliphatic carboxylic acids is 1. The molecule has 1 unspecified atom stereocenters. The molecule has 28 heavy (non-hydrogen) atoms. The second kappa shape index (κ2) is 7.83. The summed E-state index contributed by atoms with van der Waals surface area (Å²) in [7, 11) is 0. The molecule has 3 aliphatic heterocycles. The van der Waals surface area contributed by atoms with E-state index in [0.29, 0.717) is 19.4 Å². The molecular formula is C20H30N2O6. The minimum Gasteiger partial charge on any atom is -0.481 e. The van der Waals surface area contributed by atoms with Gasteiger partial charge in [0.15, 0.2) is 0 Å². The predicted octanol–water partition coefficient (Wildman–Crippen LogP) is 0.641. The van der Waals surface area contributed by atoms with Crippen LogP contribution in [0.4, 0.5) is 0 Å². The standard InChI is InChI=1S/C20H30N2O6/c1-4-6-12(3)21(9-5-2)18(25)16-20-8-7-13(28-20)14(19(26)27)15(20)17(24)22(16)10-11-23/h5,12-16,23H,2,4,6-11H2,1,3H3,(H,26,27)/t12?,13-,14+,15+,16-,20+/m0/s1. The first-order valence-electron chi connectivity index (χ1n) is 10.1. The van der Waals surface area contributed by atoms with E-state index in [9.17, 15) is 24.6 Å². The molecule has 0 saturated carbocycles. The molecular weight excluding hydrogens is 364 g/mol. The maximum absolute atomic E-state index is 13.7. The van der Waals surface area contributed by atoms with Crippen molar-refractivity contribution in [2.45, 2.75) is 63.3 Å². The van der Waals surface area contributed by atoms with Crippen molar-refractivity contribution in [2.75, 3.05) is 19.7 Å². The van der Waals surface area contributed by atoms with Crippen LogP contribution in [0.3, 0.4) is 0 Å². The Bertz CT molecular complexity index is 667. The van der Waals surface area contributed by atoms with E-state index in [2.05, 4.69) is 6.58 Å². The number of rotatable bonds is 9. The molecule has 3 heterocycles. The van der Waals surface area contributed by atoms with E-state index in [0.717, 1.165) is 12.8 Å². The lowest BCUT2D eigenvalue weighted by molar-refractivity contribution is -0.151. The summed E-state index contributed by atoms with van der Waals surface area (Å²) in [5.74, 6) is -3.54. The fourth-order valence-electron chi connectivity index (χ4n) is 5.42. The number of hydrogen-bond donors (Lipinski definition) is 2. The smallest absolute Gasteiger partial charge is 0.310 e. The third kappa shape index (κ3) is 2.93. The van der Waals surface area contributed by atoms with Gasteiger partial charge in [-0.1, -0.05) is 19.4 Å². The number of β-amino-alcohol motifs (C(OH)–C–C–N with tert-alkyl or cyclic N) is 1. The Balaban J connectivity index is 2.01. The van der Waals surface area contributed by atoms with Crippen LogP contribution in [0.15, 0.2) is 12.7 Å². The zero-order valence-electron chi connectivity index (χ0n) is 16.5. The van der Waals surface area contributed by atoms with E-state index in [4.69, 9.17) is 4.74 Å². The van der Waals surface area contributed by atoms with Crippen molar-refractivity contribution >= 4 is 17.8 Å². The number of aliphatic hydroxyl groups excluding tert-OH is 1. The minimum absolute atomic E-state index is 0.0159. The Kier molecular flexibility index (Phi) is 5.82. The van der Waals surface area contributed by atoms with Gasteiger partial charge in [0.1, 0.15) is 11.6 Å². The molecule has 0 radical (unpaired) electrons. The highest BCUT2D eigenvalue weighted by Gasteiger charge is 2.74. The number of nitrogens with zero attached hydrogens (tertiary/aromatic N) is 2. The molecule has 2 amide bonds. The number of ether oxygens (including phenoxy) is 1. The van der Waals surface area contributed by atoms with Gasteiger partial charge in [-0.05, 0) is 26.2 Å². The molecule has 3 rings (SSSR count). The van der Waals surface area contributed by atoms with Crippen LogP contribution >= 0.6 is 0 Å². The van der Waals surface area contributed by atoms with Crippen molar-refractivity contribution in [3.05, 3.63) is 12.7 Å². The Hall–Kier alpha value is -1.93. The number of carbonyl (C=O) groups is 3. The maximum atomic E-state index is 13.7. The topological polar surface area (TPSA) is 107 Å². The lowest BCUT2D eigenvalue weighted by atomic mass is 9.70. The van der Waals surface area contributed by atoms with Crippen LogP contribution in [0, 0.1) is 11.8 Å². The molecule has 3 saturated heterocycles. The molecule has 0 aromatic carbocycles. The highest BCUT2D eigenvalue weighted by Crippen LogP contribution is 2.58. The molecule has 0 aromatic heterocycles. The van der Waals surface area contributed by atoms with Crippen molar-refractivity contribution in [1.29, 1.82) is 0 Å². The first-order valence-corrected chi connectivity index (χ1v) is 10.1. The van der Waals surface area contributed by atoms with Crippen LogP contribution < -0.4 is 0 Å². The molecule has 0 aliphatic carbocycles. The fourth-order valence-corrected chi connectivity index (χ4v) is 5.42. The van der Waals surface area contributed by atoms with Gasteiger partial charge in [0, 0.05) is 19.1 Å². The normalized spacial score (nSPS) is 34.4. The summed E-state index contributed by atoms with van der Waals surface area (Å²) in [6.45, 7) is 7.77. The number of carbonyl (C=O) groups excluding carboxylic acids is 2. The fraction of sp³-hybridized carbons (Fsp3) is 0.750. The van der Waals surface area contributed by atoms with Crippen LogP contribution in [0.25, 0.3) is 0 Å². The van der Waals surface area contributed by atoms with Crippen LogP contribution in [-0.2, 0) is 19.1 Å². The van der Waals surface area contributed by atoms with Gasteiger partial charge in [0.25, 0.3) is 0 Å². The number of likely N-dealkylation sites (tertiary alicyclic amines) is 1. The van der Waals surface area contributed by atoms with Gasteiger partial charge in [-0.25, -0.2) is 0 Å². The predicted molar refractivity (Wildman–Crippen MR) is 100 cm³/mol. The first-order chi connectivity index (χ1) is 13.3. The molecule has 1 spiro atoms. The maximum Gasteiger partial charge on any atom is 0.310 e. The lowest BCUT2D eigenvalue weighted by Crippen LogP contribution is -2.58. The van der Waals surface area contributed by atoms with Gasteiger partial charge in [0.2, 0.25) is 11.8 Å². The average molecular weight is 394 g/mol. The molecule has 3 aliphatic rings. The van der Waals surface area contributed by atoms with Gasteiger partial charge in [-0.2, -0.15) is 0 Å². The highest BCUT2D eigenvalue weighted by molar-refractivity contribution is 5.98. The van der Waals surface area contributed by atoms with E-state index < -0.39 is 41.5 Å². The number of hydrogen-bond acceptors (Lipinski definition) is 5. The van der Waals surface area contributed by atoms with Crippen molar-refractivity contribution in [2.24, 2.45) is 11.8 Å². The second-order valence-electron chi connectivity index (χ2n) is 8.07. The monoisotopic (exact) mass is 394 g/mol. The number of carboxylic acid groups (broad SMARTS) is 1.